The van der Waals surface area contributed by atoms with E-state index in [2.05, 4.69) is 11.5 Å². The molecule has 1 unspecified atom stereocenters. The summed E-state index contributed by atoms with van der Waals surface area (Å²) in [6, 6.07) is 0.154. The number of hydrogen-bond acceptors (Lipinski definition) is 4. The normalized spacial score (nSPS) is 13.1. The molecule has 0 spiro atoms. The van der Waals surface area contributed by atoms with Crippen LogP contribution in [0, 0.1) is 0 Å². The van der Waals surface area contributed by atoms with Gasteiger partial charge in [0.1, 0.15) is 0 Å². The van der Waals surface area contributed by atoms with E-state index in [1.807, 2.05) is 6.08 Å². The molecule has 90 valence electrons. The van der Waals surface area contributed by atoms with Crippen molar-refractivity contribution >= 4 is 0 Å². The quantitative estimate of drug-likeness (QED) is 0.540. The van der Waals surface area contributed by atoms with E-state index in [1.165, 1.54) is 0 Å². The second-order valence-corrected chi connectivity index (χ2v) is 3.58. The zero-order chi connectivity index (χ0) is 11.5. The summed E-state index contributed by atoms with van der Waals surface area (Å²) in [6.45, 7) is 7.78. The minimum Gasteiger partial charge on any atom is -0.385 e. The monoisotopic (exact) mass is 216 g/mol. The van der Waals surface area contributed by atoms with Crippen molar-refractivity contribution in [3.63, 3.8) is 0 Å². The van der Waals surface area contributed by atoms with Gasteiger partial charge in [0.05, 0.1) is 6.61 Å². The molecule has 0 rings (SSSR count). The van der Waals surface area contributed by atoms with E-state index < -0.39 is 0 Å². The number of methoxy groups -OCH3 is 2. The summed E-state index contributed by atoms with van der Waals surface area (Å²) < 4.78 is 10.0. The van der Waals surface area contributed by atoms with Gasteiger partial charge in [-0.05, 0) is 6.42 Å². The SMILES string of the molecule is C=CCN(CCOC)CC(N)CCOC. The Kier molecular flexibility index (Phi) is 9.83. The Morgan fingerprint density at radius 2 is 2.00 bits per heavy atom. The molecule has 0 aliphatic rings. The average molecular weight is 216 g/mol. The lowest BCUT2D eigenvalue weighted by Gasteiger charge is -2.23. The molecular weight excluding hydrogens is 192 g/mol. The highest BCUT2D eigenvalue weighted by Crippen LogP contribution is 1.96. The molecule has 1 atom stereocenters. The van der Waals surface area contributed by atoms with Crippen LogP contribution < -0.4 is 5.73 Å². The molecule has 0 saturated heterocycles. The van der Waals surface area contributed by atoms with Crippen molar-refractivity contribution in [3.8, 4) is 0 Å². The van der Waals surface area contributed by atoms with Crippen LogP contribution in [0.4, 0.5) is 0 Å². The molecule has 0 heterocycles. The van der Waals surface area contributed by atoms with E-state index in [0.29, 0.717) is 6.61 Å². The first-order chi connectivity index (χ1) is 7.24. The second kappa shape index (κ2) is 10.1. The van der Waals surface area contributed by atoms with Crippen molar-refractivity contribution in [3.05, 3.63) is 12.7 Å². The summed E-state index contributed by atoms with van der Waals surface area (Å²) in [5, 5.41) is 0. The minimum absolute atomic E-state index is 0.154. The van der Waals surface area contributed by atoms with E-state index in [-0.39, 0.29) is 6.04 Å². The van der Waals surface area contributed by atoms with Gasteiger partial charge < -0.3 is 15.2 Å². The first-order valence-corrected chi connectivity index (χ1v) is 5.31. The van der Waals surface area contributed by atoms with Gasteiger partial charge in [-0.15, -0.1) is 6.58 Å². The summed E-state index contributed by atoms with van der Waals surface area (Å²) in [4.78, 5) is 2.23. The van der Waals surface area contributed by atoms with Gasteiger partial charge in [0.25, 0.3) is 0 Å². The van der Waals surface area contributed by atoms with E-state index in [0.717, 1.165) is 32.7 Å². The zero-order valence-corrected chi connectivity index (χ0v) is 9.95. The van der Waals surface area contributed by atoms with Gasteiger partial charge in [0.15, 0.2) is 0 Å². The predicted octanol–water partition coefficient (Wildman–Crippen LogP) is 0.485. The topological polar surface area (TPSA) is 47.7 Å². The molecule has 0 bridgehead atoms. The highest BCUT2D eigenvalue weighted by atomic mass is 16.5. The molecule has 0 aromatic carbocycles. The molecule has 0 fully saturated rings. The number of nitrogens with zero attached hydrogens (tertiary/aromatic N) is 1. The zero-order valence-electron chi connectivity index (χ0n) is 9.95. The van der Waals surface area contributed by atoms with Crippen LogP contribution in [0.25, 0.3) is 0 Å². The Labute approximate surface area is 93.0 Å². The van der Waals surface area contributed by atoms with Crippen LogP contribution in [0.2, 0.25) is 0 Å². The molecule has 4 nitrogen and oxygen atoms in total. The third-order valence-electron chi connectivity index (χ3n) is 2.18. The highest BCUT2D eigenvalue weighted by molar-refractivity contribution is 4.76. The van der Waals surface area contributed by atoms with Crippen molar-refractivity contribution in [2.45, 2.75) is 12.5 Å². The van der Waals surface area contributed by atoms with Crippen molar-refractivity contribution in [2.24, 2.45) is 5.73 Å². The first-order valence-electron chi connectivity index (χ1n) is 5.31. The Morgan fingerprint density at radius 3 is 2.53 bits per heavy atom. The van der Waals surface area contributed by atoms with Gasteiger partial charge in [-0.25, -0.2) is 0 Å². The van der Waals surface area contributed by atoms with Crippen LogP contribution in [0.15, 0.2) is 12.7 Å². The Bertz CT molecular complexity index is 154. The fourth-order valence-corrected chi connectivity index (χ4v) is 1.35. The largest absolute Gasteiger partial charge is 0.385 e. The number of rotatable bonds is 10. The average Bonchev–Trinajstić information content (AvgIpc) is 2.23. The molecule has 0 saturated carbocycles. The summed E-state index contributed by atoms with van der Waals surface area (Å²) in [5.74, 6) is 0. The molecule has 2 N–H and O–H groups in total. The van der Waals surface area contributed by atoms with E-state index in [1.54, 1.807) is 14.2 Å². The van der Waals surface area contributed by atoms with Gasteiger partial charge in [-0.1, -0.05) is 6.08 Å². The molecule has 0 aliphatic carbocycles. The predicted molar refractivity (Wildman–Crippen MR) is 63.0 cm³/mol. The van der Waals surface area contributed by atoms with Crippen LogP contribution in [-0.4, -0.2) is 58.0 Å². The Balaban J connectivity index is 3.75. The number of ether oxygens (including phenoxy) is 2. The molecular formula is C11H24N2O2. The van der Waals surface area contributed by atoms with Crippen molar-refractivity contribution < 1.29 is 9.47 Å². The maximum Gasteiger partial charge on any atom is 0.0589 e. The Hall–Kier alpha value is -0.420. The van der Waals surface area contributed by atoms with Crippen LogP contribution in [-0.2, 0) is 9.47 Å². The highest BCUT2D eigenvalue weighted by Gasteiger charge is 2.08. The summed E-state index contributed by atoms with van der Waals surface area (Å²) >= 11 is 0. The molecule has 0 amide bonds. The van der Waals surface area contributed by atoms with Crippen LogP contribution in [0.3, 0.4) is 0 Å². The van der Waals surface area contributed by atoms with E-state index in [4.69, 9.17) is 15.2 Å². The molecule has 4 heteroatoms. The fraction of sp³-hybridized carbons (Fsp3) is 0.818. The minimum atomic E-state index is 0.154. The van der Waals surface area contributed by atoms with Crippen molar-refractivity contribution in [1.29, 1.82) is 0 Å². The molecule has 0 aromatic rings. The number of nitrogens with two attached hydrogens (primary N) is 1. The van der Waals surface area contributed by atoms with Gasteiger partial charge >= 0.3 is 0 Å². The van der Waals surface area contributed by atoms with Crippen molar-refractivity contribution in [2.75, 3.05) is 47.1 Å². The lowest BCUT2D eigenvalue weighted by atomic mass is 10.2. The van der Waals surface area contributed by atoms with E-state index in [9.17, 15) is 0 Å². The maximum atomic E-state index is 5.97. The summed E-state index contributed by atoms with van der Waals surface area (Å²) in [6.07, 6.45) is 2.77. The molecule has 15 heavy (non-hydrogen) atoms. The van der Waals surface area contributed by atoms with Gasteiger partial charge in [0.2, 0.25) is 0 Å². The summed E-state index contributed by atoms with van der Waals surface area (Å²) in [7, 11) is 3.40. The van der Waals surface area contributed by atoms with Crippen LogP contribution in [0.1, 0.15) is 6.42 Å². The number of hydrogen-bond donors (Lipinski definition) is 1. The molecule has 0 aromatic heterocycles. The van der Waals surface area contributed by atoms with Gasteiger partial charge in [-0.3, -0.25) is 4.90 Å². The molecule has 0 radical (unpaired) electrons. The second-order valence-electron chi connectivity index (χ2n) is 3.58. The lowest BCUT2D eigenvalue weighted by Crippen LogP contribution is -2.39. The van der Waals surface area contributed by atoms with E-state index >= 15 is 0 Å². The third-order valence-corrected chi connectivity index (χ3v) is 2.18. The van der Waals surface area contributed by atoms with Crippen molar-refractivity contribution in [1.82, 2.24) is 4.90 Å². The maximum absolute atomic E-state index is 5.97. The third kappa shape index (κ3) is 8.57. The van der Waals surface area contributed by atoms with Crippen LogP contribution >= 0.6 is 0 Å². The smallest absolute Gasteiger partial charge is 0.0589 e. The fourth-order valence-electron chi connectivity index (χ4n) is 1.35. The van der Waals surface area contributed by atoms with Gasteiger partial charge in [-0.2, -0.15) is 0 Å². The van der Waals surface area contributed by atoms with Crippen LogP contribution in [0.5, 0.6) is 0 Å². The first kappa shape index (κ1) is 14.6. The lowest BCUT2D eigenvalue weighted by molar-refractivity contribution is 0.142. The van der Waals surface area contributed by atoms with Gasteiger partial charge in [0, 0.05) is 46.5 Å². The summed E-state index contributed by atoms with van der Waals surface area (Å²) in [5.41, 5.74) is 5.97. The Morgan fingerprint density at radius 1 is 1.33 bits per heavy atom. The standard InChI is InChI=1S/C11H24N2O2/c1-4-6-13(7-9-15-3)10-11(12)5-8-14-2/h4,11H,1,5-10,12H2,2-3H3. The molecule has 0 aliphatic heterocycles.